The number of aliphatic hydroxyl groups excluding tert-OH is 1. The van der Waals surface area contributed by atoms with Gasteiger partial charge in [0.05, 0.1) is 6.10 Å². The van der Waals surface area contributed by atoms with Crippen LogP contribution in [-0.2, 0) is 4.79 Å². The van der Waals surface area contributed by atoms with Gasteiger partial charge in [0, 0.05) is 11.8 Å². The van der Waals surface area contributed by atoms with Gasteiger partial charge in [0.25, 0.3) is 0 Å². The van der Waals surface area contributed by atoms with Crippen molar-refractivity contribution in [1.29, 1.82) is 0 Å². The van der Waals surface area contributed by atoms with Gasteiger partial charge in [0.2, 0.25) is 0 Å². The molecule has 0 aliphatic heterocycles. The van der Waals surface area contributed by atoms with Gasteiger partial charge in [-0.25, -0.2) is 0 Å². The van der Waals surface area contributed by atoms with E-state index in [0.717, 1.165) is 38.5 Å². The minimum absolute atomic E-state index is 0.0316. The molecule has 6 atom stereocenters. The molecule has 1 N–H and O–H groups in total. The van der Waals surface area contributed by atoms with Crippen LogP contribution in [0, 0.1) is 28.6 Å². The van der Waals surface area contributed by atoms with E-state index in [1.165, 1.54) is 18.4 Å². The minimum atomic E-state index is -0.205. The Hall–Kier alpha value is -0.630. The Labute approximate surface area is 128 Å². The maximum absolute atomic E-state index is 12.4. The van der Waals surface area contributed by atoms with Crippen LogP contribution in [0.15, 0.2) is 11.6 Å². The lowest BCUT2D eigenvalue weighted by atomic mass is 9.48. The summed E-state index contributed by atoms with van der Waals surface area (Å²) in [5.74, 6) is 2.48. The summed E-state index contributed by atoms with van der Waals surface area (Å²) in [6, 6.07) is 0. The summed E-state index contributed by atoms with van der Waals surface area (Å²) in [6.07, 6.45) is 10.8. The molecule has 3 saturated carbocycles. The second-order valence-electron chi connectivity index (χ2n) is 8.52. The Morgan fingerprint density at radius 3 is 2.67 bits per heavy atom. The van der Waals surface area contributed by atoms with Crippen molar-refractivity contribution in [3.63, 3.8) is 0 Å². The number of Topliss-reactive ketones (excluding diaryl/α,β-unsaturated/α-hetero) is 1. The summed E-state index contributed by atoms with van der Waals surface area (Å²) in [4.78, 5) is 12.4. The zero-order valence-corrected chi connectivity index (χ0v) is 13.4. The van der Waals surface area contributed by atoms with Gasteiger partial charge in [0.1, 0.15) is 5.78 Å². The molecule has 0 amide bonds. The van der Waals surface area contributed by atoms with E-state index in [-0.39, 0.29) is 16.9 Å². The van der Waals surface area contributed by atoms with Crippen molar-refractivity contribution < 1.29 is 9.90 Å². The number of carbonyl (C=O) groups excluding carboxylic acids is 1. The predicted octanol–water partition coefficient (Wildman–Crippen LogP) is 3.88. The quantitative estimate of drug-likeness (QED) is 0.687. The molecule has 2 nitrogen and oxygen atoms in total. The molecule has 0 bridgehead atoms. The van der Waals surface area contributed by atoms with E-state index in [2.05, 4.69) is 19.9 Å². The highest BCUT2D eigenvalue weighted by Crippen LogP contribution is 2.63. The number of hydrogen-bond donors (Lipinski definition) is 1. The van der Waals surface area contributed by atoms with Crippen molar-refractivity contribution >= 4 is 5.78 Å². The Bertz CT molecular complexity index is 508. The molecule has 0 radical (unpaired) electrons. The van der Waals surface area contributed by atoms with Gasteiger partial charge in [-0.1, -0.05) is 19.9 Å². The molecular weight excluding hydrogens is 260 g/mol. The summed E-state index contributed by atoms with van der Waals surface area (Å²) in [5.41, 5.74) is 1.51. The second-order valence-corrected chi connectivity index (χ2v) is 8.52. The lowest BCUT2D eigenvalue weighted by Gasteiger charge is -2.57. The van der Waals surface area contributed by atoms with Crippen LogP contribution in [0.1, 0.15) is 65.2 Å². The molecule has 0 heterocycles. The Morgan fingerprint density at radius 2 is 1.86 bits per heavy atom. The molecule has 0 aromatic rings. The minimum Gasteiger partial charge on any atom is -0.389 e. The highest BCUT2D eigenvalue weighted by atomic mass is 16.3. The Balaban J connectivity index is 1.72. The first kappa shape index (κ1) is 14.0. The Morgan fingerprint density at radius 1 is 1.10 bits per heavy atom. The standard InChI is InChI=1S/C19H28O2/c1-18-10-3-4-16(20)15(18)6-5-12-13-7-8-17(21)19(13,2)11-9-14(12)18/h6,12-14,16,20H,3-5,7-11H2,1-2H3/t12?,13?,14?,16-,18+,19-/m0/s1. The van der Waals surface area contributed by atoms with Crippen LogP contribution in [0.3, 0.4) is 0 Å². The van der Waals surface area contributed by atoms with Crippen LogP contribution in [0.5, 0.6) is 0 Å². The van der Waals surface area contributed by atoms with Crippen LogP contribution >= 0.6 is 0 Å². The number of fused-ring (bicyclic) bond motifs is 5. The van der Waals surface area contributed by atoms with E-state index in [4.69, 9.17) is 0 Å². The van der Waals surface area contributed by atoms with E-state index < -0.39 is 0 Å². The van der Waals surface area contributed by atoms with Gasteiger partial charge < -0.3 is 5.11 Å². The van der Waals surface area contributed by atoms with Crippen molar-refractivity contribution in [1.82, 2.24) is 0 Å². The highest BCUT2D eigenvalue weighted by Gasteiger charge is 2.58. The van der Waals surface area contributed by atoms with E-state index >= 15 is 0 Å². The van der Waals surface area contributed by atoms with Crippen molar-refractivity contribution in [2.24, 2.45) is 28.6 Å². The number of allylic oxidation sites excluding steroid dienone is 1. The molecule has 3 fully saturated rings. The molecule has 0 aromatic heterocycles. The first-order chi connectivity index (χ1) is 9.97. The topological polar surface area (TPSA) is 37.3 Å². The molecule has 21 heavy (non-hydrogen) atoms. The molecule has 0 aromatic carbocycles. The van der Waals surface area contributed by atoms with Crippen molar-refractivity contribution in [2.45, 2.75) is 71.3 Å². The van der Waals surface area contributed by atoms with E-state index in [0.29, 0.717) is 23.5 Å². The van der Waals surface area contributed by atoms with Gasteiger partial charge >= 0.3 is 0 Å². The van der Waals surface area contributed by atoms with Gasteiger partial charge in [-0.3, -0.25) is 4.79 Å². The van der Waals surface area contributed by atoms with E-state index in [1.54, 1.807) is 0 Å². The third-order valence-corrected chi connectivity index (χ3v) is 7.77. The van der Waals surface area contributed by atoms with Crippen molar-refractivity contribution in [3.05, 3.63) is 11.6 Å². The fraction of sp³-hybridized carbons (Fsp3) is 0.842. The number of rotatable bonds is 0. The normalized spacial score (nSPS) is 52.7. The lowest BCUT2D eigenvalue weighted by Crippen LogP contribution is -2.51. The van der Waals surface area contributed by atoms with Crippen LogP contribution in [0.25, 0.3) is 0 Å². The molecule has 3 unspecified atom stereocenters. The fourth-order valence-corrected chi connectivity index (χ4v) is 6.55. The molecular formula is C19H28O2. The molecule has 2 heteroatoms. The maximum Gasteiger partial charge on any atom is 0.139 e. The van der Waals surface area contributed by atoms with Crippen LogP contribution in [-0.4, -0.2) is 17.0 Å². The SMILES string of the molecule is C[C@]12CCC[C@H](O)C1=CCC1C2CC[C@]2(C)C(=O)CCC12. The lowest BCUT2D eigenvalue weighted by molar-refractivity contribution is -0.132. The zero-order valence-electron chi connectivity index (χ0n) is 13.4. The average Bonchev–Trinajstić information content (AvgIpc) is 2.75. The molecule has 4 aliphatic carbocycles. The first-order valence-electron chi connectivity index (χ1n) is 8.89. The van der Waals surface area contributed by atoms with E-state index in [1.807, 2.05) is 0 Å². The highest BCUT2D eigenvalue weighted by molar-refractivity contribution is 5.87. The van der Waals surface area contributed by atoms with Crippen LogP contribution < -0.4 is 0 Å². The summed E-state index contributed by atoms with van der Waals surface area (Å²) < 4.78 is 0. The summed E-state index contributed by atoms with van der Waals surface area (Å²) in [6.45, 7) is 4.64. The molecule has 0 spiro atoms. The summed E-state index contributed by atoms with van der Waals surface area (Å²) >= 11 is 0. The fourth-order valence-electron chi connectivity index (χ4n) is 6.55. The number of ketones is 1. The average molecular weight is 288 g/mol. The summed E-state index contributed by atoms with van der Waals surface area (Å²) in [5, 5.41) is 10.4. The van der Waals surface area contributed by atoms with E-state index in [9.17, 15) is 9.90 Å². The molecule has 116 valence electrons. The largest absolute Gasteiger partial charge is 0.389 e. The number of carbonyl (C=O) groups is 1. The monoisotopic (exact) mass is 288 g/mol. The zero-order chi connectivity index (χ0) is 14.8. The number of aliphatic hydroxyl groups is 1. The smallest absolute Gasteiger partial charge is 0.139 e. The first-order valence-corrected chi connectivity index (χ1v) is 8.89. The van der Waals surface area contributed by atoms with Gasteiger partial charge in [-0.15, -0.1) is 0 Å². The molecule has 4 aliphatic rings. The third kappa shape index (κ3) is 1.72. The van der Waals surface area contributed by atoms with Gasteiger partial charge in [-0.05, 0) is 73.7 Å². The van der Waals surface area contributed by atoms with Gasteiger partial charge in [-0.2, -0.15) is 0 Å². The number of hydrogen-bond acceptors (Lipinski definition) is 2. The second kappa shape index (κ2) is 4.44. The molecule has 0 saturated heterocycles. The van der Waals surface area contributed by atoms with Crippen LogP contribution in [0.4, 0.5) is 0 Å². The third-order valence-electron chi connectivity index (χ3n) is 7.77. The van der Waals surface area contributed by atoms with Crippen LogP contribution in [0.2, 0.25) is 0 Å². The molecule has 4 rings (SSSR count). The Kier molecular flexibility index (Phi) is 2.96. The van der Waals surface area contributed by atoms with Crippen molar-refractivity contribution in [2.75, 3.05) is 0 Å². The van der Waals surface area contributed by atoms with Gasteiger partial charge in [0.15, 0.2) is 0 Å². The predicted molar refractivity (Wildman–Crippen MR) is 82.7 cm³/mol. The maximum atomic E-state index is 12.4. The van der Waals surface area contributed by atoms with Crippen molar-refractivity contribution in [3.8, 4) is 0 Å². The summed E-state index contributed by atoms with van der Waals surface area (Å²) in [7, 11) is 0.